The van der Waals surface area contributed by atoms with E-state index < -0.39 is 0 Å². The van der Waals surface area contributed by atoms with E-state index in [0.29, 0.717) is 6.42 Å². The zero-order valence-electron chi connectivity index (χ0n) is 12.4. The number of nitrogens with one attached hydrogen (secondary N) is 1. The molecule has 22 heavy (non-hydrogen) atoms. The number of thiazole rings is 1. The van der Waals surface area contributed by atoms with Gasteiger partial charge in [0, 0.05) is 32.6 Å². The number of aryl methyl sites for hydroxylation is 1. The summed E-state index contributed by atoms with van der Waals surface area (Å²) in [5, 5.41) is 4.13. The second-order valence-corrected chi connectivity index (χ2v) is 6.45. The third kappa shape index (κ3) is 3.34. The van der Waals surface area contributed by atoms with E-state index in [0.717, 1.165) is 47.3 Å². The Balaban J connectivity index is 1.75. The second-order valence-electron chi connectivity index (χ2n) is 5.37. The summed E-state index contributed by atoms with van der Waals surface area (Å²) in [6, 6.07) is 6.40. The molecule has 2 heterocycles. The van der Waals surface area contributed by atoms with Crippen molar-refractivity contribution in [2.75, 3.05) is 26.2 Å². The molecule has 1 aliphatic rings. The van der Waals surface area contributed by atoms with Crippen LogP contribution in [0.5, 0.6) is 0 Å². The Kier molecular flexibility index (Phi) is 4.49. The van der Waals surface area contributed by atoms with Gasteiger partial charge in [0.2, 0.25) is 0 Å². The van der Waals surface area contributed by atoms with Crippen LogP contribution < -0.4 is 5.32 Å². The Labute approximate surface area is 133 Å². The van der Waals surface area contributed by atoms with Crippen LogP contribution in [0.4, 0.5) is 4.39 Å². The maximum Gasteiger partial charge on any atom is 0.265 e. The van der Waals surface area contributed by atoms with E-state index in [1.807, 2.05) is 11.8 Å². The first kappa shape index (κ1) is 15.1. The van der Waals surface area contributed by atoms with Crippen molar-refractivity contribution < 1.29 is 9.18 Å². The number of nitrogens with zero attached hydrogens (tertiary/aromatic N) is 2. The number of carbonyl (C=O) groups is 1. The van der Waals surface area contributed by atoms with Crippen molar-refractivity contribution in [3.05, 3.63) is 51.2 Å². The van der Waals surface area contributed by atoms with Gasteiger partial charge in [-0.15, -0.1) is 11.3 Å². The Hall–Kier alpha value is -1.79. The van der Waals surface area contributed by atoms with Gasteiger partial charge < -0.3 is 10.2 Å². The minimum absolute atomic E-state index is 0.0712. The molecule has 0 saturated carbocycles. The van der Waals surface area contributed by atoms with Crippen molar-refractivity contribution >= 4 is 17.2 Å². The SMILES string of the molecule is Cc1nc(Cc2ccc(F)cc2)sc1C(=O)N1CCNCC1. The first-order chi connectivity index (χ1) is 10.6. The van der Waals surface area contributed by atoms with Gasteiger partial charge in [0.05, 0.1) is 10.7 Å². The van der Waals surface area contributed by atoms with Gasteiger partial charge in [0.25, 0.3) is 5.91 Å². The van der Waals surface area contributed by atoms with Crippen molar-refractivity contribution in [1.29, 1.82) is 0 Å². The van der Waals surface area contributed by atoms with Crippen molar-refractivity contribution in [1.82, 2.24) is 15.2 Å². The molecule has 0 spiro atoms. The van der Waals surface area contributed by atoms with Gasteiger partial charge >= 0.3 is 0 Å². The summed E-state index contributed by atoms with van der Waals surface area (Å²) in [6.07, 6.45) is 0.626. The van der Waals surface area contributed by atoms with E-state index in [-0.39, 0.29) is 11.7 Å². The van der Waals surface area contributed by atoms with Crippen LogP contribution in [0.25, 0.3) is 0 Å². The van der Waals surface area contributed by atoms with E-state index in [1.54, 1.807) is 12.1 Å². The molecule has 3 rings (SSSR count). The lowest BCUT2D eigenvalue weighted by Gasteiger charge is -2.27. The maximum atomic E-state index is 12.9. The third-order valence-corrected chi connectivity index (χ3v) is 4.85. The molecule has 0 unspecified atom stereocenters. The Morgan fingerprint density at radius 1 is 1.32 bits per heavy atom. The van der Waals surface area contributed by atoms with Gasteiger partial charge in [-0.25, -0.2) is 9.37 Å². The second kappa shape index (κ2) is 6.54. The third-order valence-electron chi connectivity index (χ3n) is 3.71. The first-order valence-electron chi connectivity index (χ1n) is 7.34. The molecule has 1 aromatic carbocycles. The maximum absolute atomic E-state index is 12.9. The highest BCUT2D eigenvalue weighted by atomic mass is 32.1. The highest BCUT2D eigenvalue weighted by Crippen LogP contribution is 2.22. The van der Waals surface area contributed by atoms with Gasteiger partial charge in [0.15, 0.2) is 0 Å². The molecule has 0 bridgehead atoms. The van der Waals surface area contributed by atoms with Crippen LogP contribution in [0.15, 0.2) is 24.3 Å². The fourth-order valence-electron chi connectivity index (χ4n) is 2.51. The molecular formula is C16H18FN3OS. The molecule has 1 aliphatic heterocycles. The number of rotatable bonds is 3. The van der Waals surface area contributed by atoms with Crippen LogP contribution in [0.2, 0.25) is 0 Å². The van der Waals surface area contributed by atoms with E-state index >= 15 is 0 Å². The molecule has 0 atom stereocenters. The molecule has 6 heteroatoms. The highest BCUT2D eigenvalue weighted by molar-refractivity contribution is 7.13. The van der Waals surface area contributed by atoms with Gasteiger partial charge in [-0.3, -0.25) is 4.79 Å². The summed E-state index contributed by atoms with van der Waals surface area (Å²) in [4.78, 5) is 19.7. The standard InChI is InChI=1S/C16H18FN3OS/c1-11-15(16(21)20-8-6-18-7-9-20)22-14(19-11)10-12-2-4-13(17)5-3-12/h2-5,18H,6-10H2,1H3. The van der Waals surface area contributed by atoms with E-state index in [4.69, 9.17) is 0 Å². The van der Waals surface area contributed by atoms with Crippen molar-refractivity contribution in [2.45, 2.75) is 13.3 Å². The molecule has 0 radical (unpaired) electrons. The number of halogens is 1. The average Bonchev–Trinajstić information content (AvgIpc) is 2.90. The number of carbonyl (C=O) groups excluding carboxylic acids is 1. The van der Waals surface area contributed by atoms with Gasteiger partial charge in [0.1, 0.15) is 10.7 Å². The number of benzene rings is 1. The van der Waals surface area contributed by atoms with Crippen LogP contribution in [0, 0.1) is 12.7 Å². The predicted molar refractivity (Wildman–Crippen MR) is 84.8 cm³/mol. The predicted octanol–water partition coefficient (Wildman–Crippen LogP) is 2.23. The van der Waals surface area contributed by atoms with Crippen LogP contribution >= 0.6 is 11.3 Å². The number of piperazine rings is 1. The number of amides is 1. The normalized spacial score (nSPS) is 15.1. The molecule has 4 nitrogen and oxygen atoms in total. The van der Waals surface area contributed by atoms with Crippen molar-refractivity contribution in [3.8, 4) is 0 Å². The van der Waals surface area contributed by atoms with Crippen LogP contribution in [0.3, 0.4) is 0 Å². The van der Waals surface area contributed by atoms with Crippen molar-refractivity contribution in [2.24, 2.45) is 0 Å². The molecule has 1 saturated heterocycles. The highest BCUT2D eigenvalue weighted by Gasteiger charge is 2.22. The summed E-state index contributed by atoms with van der Waals surface area (Å²) < 4.78 is 12.9. The van der Waals surface area contributed by atoms with Crippen molar-refractivity contribution in [3.63, 3.8) is 0 Å². The quantitative estimate of drug-likeness (QED) is 0.943. The lowest BCUT2D eigenvalue weighted by atomic mass is 10.1. The Bertz CT molecular complexity index is 663. The summed E-state index contributed by atoms with van der Waals surface area (Å²) >= 11 is 1.44. The molecular weight excluding hydrogens is 301 g/mol. The molecule has 1 fully saturated rings. The van der Waals surface area contributed by atoms with Gasteiger partial charge in [-0.1, -0.05) is 12.1 Å². The van der Waals surface area contributed by atoms with E-state index in [9.17, 15) is 9.18 Å². The first-order valence-corrected chi connectivity index (χ1v) is 8.16. The zero-order valence-corrected chi connectivity index (χ0v) is 13.3. The summed E-state index contributed by atoms with van der Waals surface area (Å²) in [5.41, 5.74) is 1.78. The van der Waals surface area contributed by atoms with Crippen LogP contribution in [-0.2, 0) is 6.42 Å². The summed E-state index contributed by atoms with van der Waals surface area (Å²) in [7, 11) is 0. The summed E-state index contributed by atoms with van der Waals surface area (Å²) in [5.74, 6) is -0.171. The topological polar surface area (TPSA) is 45.2 Å². The lowest BCUT2D eigenvalue weighted by Crippen LogP contribution is -2.46. The molecule has 1 amide bonds. The monoisotopic (exact) mass is 319 g/mol. The largest absolute Gasteiger partial charge is 0.335 e. The fraction of sp³-hybridized carbons (Fsp3) is 0.375. The minimum Gasteiger partial charge on any atom is -0.335 e. The number of hydrogen-bond acceptors (Lipinski definition) is 4. The van der Waals surface area contributed by atoms with E-state index in [2.05, 4.69) is 10.3 Å². The Morgan fingerprint density at radius 3 is 2.68 bits per heavy atom. The molecule has 1 aromatic heterocycles. The van der Waals surface area contributed by atoms with E-state index in [1.165, 1.54) is 23.5 Å². The van der Waals surface area contributed by atoms with Gasteiger partial charge in [-0.2, -0.15) is 0 Å². The molecule has 116 valence electrons. The molecule has 2 aromatic rings. The van der Waals surface area contributed by atoms with Gasteiger partial charge in [-0.05, 0) is 24.6 Å². The lowest BCUT2D eigenvalue weighted by molar-refractivity contribution is 0.0739. The smallest absolute Gasteiger partial charge is 0.265 e. The van der Waals surface area contributed by atoms with Crippen LogP contribution in [0.1, 0.15) is 25.9 Å². The Morgan fingerprint density at radius 2 is 2.00 bits per heavy atom. The minimum atomic E-state index is -0.242. The molecule has 1 N–H and O–H groups in total. The fourth-order valence-corrected chi connectivity index (χ4v) is 3.58. The summed E-state index contributed by atoms with van der Waals surface area (Å²) in [6.45, 7) is 5.03. The zero-order chi connectivity index (χ0) is 15.5. The molecule has 0 aliphatic carbocycles. The van der Waals surface area contributed by atoms with Crippen LogP contribution in [-0.4, -0.2) is 42.0 Å². The number of aromatic nitrogens is 1. The average molecular weight is 319 g/mol. The number of hydrogen-bond donors (Lipinski definition) is 1.